The molecular weight excluding hydrogens is 418 g/mol. The zero-order chi connectivity index (χ0) is 15.0. The molecule has 0 heterocycles. The lowest BCUT2D eigenvalue weighted by molar-refractivity contribution is 0.620. The lowest BCUT2D eigenvalue weighted by Gasteiger charge is -2.15. The van der Waals surface area contributed by atoms with Crippen LogP contribution in [0.3, 0.4) is 0 Å². The summed E-state index contributed by atoms with van der Waals surface area (Å²) in [6.45, 7) is 0. The predicted molar refractivity (Wildman–Crippen MR) is 93.8 cm³/mol. The summed E-state index contributed by atoms with van der Waals surface area (Å²) in [5.41, 5.74) is 2.09. The van der Waals surface area contributed by atoms with Crippen LogP contribution >= 0.6 is 43.5 Å². The molecule has 0 aliphatic rings. The topological polar surface area (TPSA) is 0 Å². The molecule has 0 amide bonds. The van der Waals surface area contributed by atoms with Crippen molar-refractivity contribution in [3.8, 4) is 0 Å². The standard InChI is InChI=1S/C17H10Br2ClF/c18-14-9-10(5-8-16(14)21)17(19)13-6-7-15(20)12-4-2-1-3-11(12)13/h1-9,17H. The highest BCUT2D eigenvalue weighted by Crippen LogP contribution is 2.38. The monoisotopic (exact) mass is 426 g/mol. The average molecular weight is 429 g/mol. The molecule has 0 nitrogen and oxygen atoms in total. The summed E-state index contributed by atoms with van der Waals surface area (Å²) >= 11 is 13.2. The van der Waals surface area contributed by atoms with Gasteiger partial charge in [0.1, 0.15) is 5.82 Å². The van der Waals surface area contributed by atoms with Gasteiger partial charge in [-0.3, -0.25) is 0 Å². The lowest BCUT2D eigenvalue weighted by Crippen LogP contribution is -1.95. The van der Waals surface area contributed by atoms with E-state index in [-0.39, 0.29) is 10.6 Å². The zero-order valence-electron chi connectivity index (χ0n) is 10.8. The molecule has 106 valence electrons. The zero-order valence-corrected chi connectivity index (χ0v) is 14.7. The Morgan fingerprint density at radius 3 is 2.38 bits per heavy atom. The van der Waals surface area contributed by atoms with E-state index in [1.807, 2.05) is 36.4 Å². The van der Waals surface area contributed by atoms with Gasteiger partial charge >= 0.3 is 0 Å². The Bertz CT molecular complexity index is 817. The average Bonchev–Trinajstić information content (AvgIpc) is 2.50. The van der Waals surface area contributed by atoms with Crippen LogP contribution in [0, 0.1) is 5.82 Å². The van der Waals surface area contributed by atoms with Crippen LogP contribution in [-0.4, -0.2) is 0 Å². The predicted octanol–water partition coefficient (Wildman–Crippen LogP) is 6.88. The van der Waals surface area contributed by atoms with Crippen LogP contribution in [0.4, 0.5) is 4.39 Å². The molecule has 0 aliphatic carbocycles. The SMILES string of the molecule is Fc1ccc(C(Br)c2ccc(Cl)c3ccccc23)cc1Br. The maximum absolute atomic E-state index is 13.4. The molecule has 3 aromatic carbocycles. The largest absolute Gasteiger partial charge is 0.206 e. The summed E-state index contributed by atoms with van der Waals surface area (Å²) in [6.07, 6.45) is 0. The first-order valence-electron chi connectivity index (χ1n) is 6.34. The van der Waals surface area contributed by atoms with E-state index >= 15 is 0 Å². The van der Waals surface area contributed by atoms with Gasteiger partial charge in [-0.05, 0) is 50.6 Å². The third-order valence-electron chi connectivity index (χ3n) is 3.41. The molecule has 3 aromatic rings. The van der Waals surface area contributed by atoms with E-state index in [2.05, 4.69) is 31.9 Å². The van der Waals surface area contributed by atoms with Crippen molar-refractivity contribution in [2.24, 2.45) is 0 Å². The van der Waals surface area contributed by atoms with Gasteiger partial charge < -0.3 is 0 Å². The second-order valence-corrected chi connectivity index (χ2v) is 6.90. The van der Waals surface area contributed by atoms with Gasteiger partial charge in [0.2, 0.25) is 0 Å². The van der Waals surface area contributed by atoms with Gasteiger partial charge in [0.25, 0.3) is 0 Å². The van der Waals surface area contributed by atoms with Crippen LogP contribution in [0.1, 0.15) is 16.0 Å². The maximum Gasteiger partial charge on any atom is 0.137 e. The highest BCUT2D eigenvalue weighted by atomic mass is 79.9. The Morgan fingerprint density at radius 2 is 1.67 bits per heavy atom. The fourth-order valence-corrected chi connectivity index (χ4v) is 3.66. The summed E-state index contributed by atoms with van der Waals surface area (Å²) in [5.74, 6) is -0.264. The number of fused-ring (bicyclic) bond motifs is 1. The molecule has 1 atom stereocenters. The summed E-state index contributed by atoms with van der Waals surface area (Å²) in [6, 6.07) is 16.9. The molecule has 21 heavy (non-hydrogen) atoms. The molecule has 1 unspecified atom stereocenters. The van der Waals surface area contributed by atoms with Crippen LogP contribution in [0.2, 0.25) is 5.02 Å². The van der Waals surface area contributed by atoms with E-state index in [1.165, 1.54) is 6.07 Å². The van der Waals surface area contributed by atoms with Crippen molar-refractivity contribution in [2.75, 3.05) is 0 Å². The molecule has 0 N–H and O–H groups in total. The van der Waals surface area contributed by atoms with Crippen molar-refractivity contribution in [1.29, 1.82) is 0 Å². The van der Waals surface area contributed by atoms with Crippen molar-refractivity contribution in [2.45, 2.75) is 4.83 Å². The van der Waals surface area contributed by atoms with E-state index < -0.39 is 0 Å². The van der Waals surface area contributed by atoms with Gasteiger partial charge in [-0.15, -0.1) is 0 Å². The van der Waals surface area contributed by atoms with Crippen LogP contribution < -0.4 is 0 Å². The fraction of sp³-hybridized carbons (Fsp3) is 0.0588. The minimum absolute atomic E-state index is 0.0310. The van der Waals surface area contributed by atoms with Crippen LogP contribution in [-0.2, 0) is 0 Å². The number of hydrogen-bond donors (Lipinski definition) is 0. The van der Waals surface area contributed by atoms with E-state index in [9.17, 15) is 4.39 Å². The minimum atomic E-state index is -0.264. The number of alkyl halides is 1. The van der Waals surface area contributed by atoms with Crippen LogP contribution in [0.25, 0.3) is 10.8 Å². The first-order chi connectivity index (χ1) is 10.1. The second kappa shape index (κ2) is 6.07. The maximum atomic E-state index is 13.4. The first kappa shape index (κ1) is 15.0. The highest BCUT2D eigenvalue weighted by molar-refractivity contribution is 9.10. The molecule has 0 fully saturated rings. The van der Waals surface area contributed by atoms with Gasteiger partial charge in [-0.25, -0.2) is 4.39 Å². The summed E-state index contributed by atoms with van der Waals surface area (Å²) in [5, 5.41) is 2.84. The minimum Gasteiger partial charge on any atom is -0.206 e. The molecule has 0 aromatic heterocycles. The van der Waals surface area contributed by atoms with E-state index in [0.29, 0.717) is 4.47 Å². The lowest BCUT2D eigenvalue weighted by atomic mass is 9.98. The number of hydrogen-bond acceptors (Lipinski definition) is 0. The Morgan fingerprint density at radius 1 is 0.952 bits per heavy atom. The number of rotatable bonds is 2. The molecule has 3 rings (SSSR count). The summed E-state index contributed by atoms with van der Waals surface area (Å²) < 4.78 is 13.9. The molecule has 0 radical (unpaired) electrons. The van der Waals surface area contributed by atoms with Crippen LogP contribution in [0.5, 0.6) is 0 Å². The molecular formula is C17H10Br2ClF. The van der Waals surface area contributed by atoms with Gasteiger partial charge in [-0.1, -0.05) is 63.9 Å². The quantitative estimate of drug-likeness (QED) is 0.390. The van der Waals surface area contributed by atoms with Gasteiger partial charge in [0.15, 0.2) is 0 Å². The third-order valence-corrected chi connectivity index (χ3v) is 5.37. The Labute approximate surface area is 144 Å². The number of benzene rings is 3. The third kappa shape index (κ3) is 2.87. The van der Waals surface area contributed by atoms with Crippen molar-refractivity contribution in [3.63, 3.8) is 0 Å². The van der Waals surface area contributed by atoms with Crippen molar-refractivity contribution < 1.29 is 4.39 Å². The fourth-order valence-electron chi connectivity index (χ4n) is 2.36. The Kier molecular flexibility index (Phi) is 4.34. The van der Waals surface area contributed by atoms with E-state index in [4.69, 9.17) is 11.6 Å². The smallest absolute Gasteiger partial charge is 0.137 e. The van der Waals surface area contributed by atoms with Crippen molar-refractivity contribution in [3.05, 3.63) is 81.0 Å². The first-order valence-corrected chi connectivity index (χ1v) is 8.43. The summed E-state index contributed by atoms with van der Waals surface area (Å²) in [4.78, 5) is -0.0310. The molecule has 0 saturated carbocycles. The van der Waals surface area contributed by atoms with Crippen LogP contribution in [0.15, 0.2) is 59.1 Å². The second-order valence-electron chi connectivity index (χ2n) is 4.72. The van der Waals surface area contributed by atoms with Crippen molar-refractivity contribution in [1.82, 2.24) is 0 Å². The van der Waals surface area contributed by atoms with Gasteiger partial charge in [0, 0.05) is 10.4 Å². The molecule has 0 bridgehead atoms. The normalized spacial score (nSPS) is 12.6. The van der Waals surface area contributed by atoms with Gasteiger partial charge in [-0.2, -0.15) is 0 Å². The number of halogens is 4. The molecule has 0 aliphatic heterocycles. The highest BCUT2D eigenvalue weighted by Gasteiger charge is 2.15. The Balaban J connectivity index is 2.15. The van der Waals surface area contributed by atoms with Gasteiger partial charge in [0.05, 0.1) is 9.30 Å². The van der Waals surface area contributed by atoms with E-state index in [0.717, 1.165) is 26.9 Å². The Hall–Kier alpha value is -0.900. The van der Waals surface area contributed by atoms with E-state index in [1.54, 1.807) is 12.1 Å². The van der Waals surface area contributed by atoms with Crippen molar-refractivity contribution >= 4 is 54.2 Å². The summed E-state index contributed by atoms with van der Waals surface area (Å²) in [7, 11) is 0. The molecule has 0 spiro atoms. The molecule has 4 heteroatoms. The molecule has 0 saturated heterocycles.